The van der Waals surface area contributed by atoms with Gasteiger partial charge in [0.2, 0.25) is 5.91 Å². The molecule has 1 saturated heterocycles. The molecular formula is C11H20ClNO2. The highest BCUT2D eigenvalue weighted by Gasteiger charge is 2.27. The molecule has 4 heteroatoms. The number of aliphatic hydroxyl groups excluding tert-OH is 1. The molecule has 2 unspecified atom stereocenters. The van der Waals surface area contributed by atoms with E-state index in [1.54, 1.807) is 0 Å². The lowest BCUT2D eigenvalue weighted by atomic mass is 9.92. The van der Waals surface area contributed by atoms with Crippen LogP contribution in [0.4, 0.5) is 0 Å². The molecule has 88 valence electrons. The van der Waals surface area contributed by atoms with Crippen LogP contribution in [0.15, 0.2) is 0 Å². The van der Waals surface area contributed by atoms with Crippen molar-refractivity contribution in [3.05, 3.63) is 0 Å². The highest BCUT2D eigenvalue weighted by atomic mass is 35.5. The molecule has 0 aromatic carbocycles. The maximum absolute atomic E-state index is 11.7. The van der Waals surface area contributed by atoms with Crippen molar-refractivity contribution in [2.45, 2.75) is 44.6 Å². The third-order valence-electron chi connectivity index (χ3n) is 3.16. The van der Waals surface area contributed by atoms with Crippen molar-refractivity contribution in [3.63, 3.8) is 0 Å². The van der Waals surface area contributed by atoms with E-state index < -0.39 is 0 Å². The van der Waals surface area contributed by atoms with Gasteiger partial charge in [-0.3, -0.25) is 4.79 Å². The van der Waals surface area contributed by atoms with E-state index in [2.05, 4.69) is 0 Å². The quantitative estimate of drug-likeness (QED) is 0.753. The molecule has 0 aliphatic carbocycles. The number of carbonyl (C=O) groups is 1. The lowest BCUT2D eigenvalue weighted by molar-refractivity contribution is -0.132. The van der Waals surface area contributed by atoms with Gasteiger partial charge in [-0.15, -0.1) is 11.6 Å². The third-order valence-corrected chi connectivity index (χ3v) is 3.66. The number of hydrogen-bond donors (Lipinski definition) is 1. The Hall–Kier alpha value is -0.280. The summed E-state index contributed by atoms with van der Waals surface area (Å²) in [5.74, 6) is 0.382. The number of piperidine rings is 1. The zero-order valence-electron chi connectivity index (χ0n) is 9.45. The van der Waals surface area contributed by atoms with E-state index in [0.717, 1.165) is 25.9 Å². The summed E-state index contributed by atoms with van der Waals surface area (Å²) in [7, 11) is 0. The van der Waals surface area contributed by atoms with Crippen LogP contribution >= 0.6 is 11.6 Å². The summed E-state index contributed by atoms with van der Waals surface area (Å²) >= 11 is 5.91. The molecule has 1 rings (SSSR count). The minimum absolute atomic E-state index is 0.0446. The van der Waals surface area contributed by atoms with Crippen LogP contribution in [0.1, 0.15) is 33.1 Å². The number of rotatable bonds is 3. The Bertz CT molecular complexity index is 213. The monoisotopic (exact) mass is 233 g/mol. The second-order valence-electron chi connectivity index (χ2n) is 4.28. The molecule has 0 saturated carbocycles. The van der Waals surface area contributed by atoms with E-state index in [0.29, 0.717) is 12.3 Å². The topological polar surface area (TPSA) is 40.5 Å². The lowest BCUT2D eigenvalue weighted by Gasteiger charge is -2.34. The van der Waals surface area contributed by atoms with Gasteiger partial charge in [-0.25, -0.2) is 0 Å². The Kier molecular flexibility index (Phi) is 4.87. The predicted octanol–water partition coefficient (Wildman–Crippen LogP) is 1.62. The average molecular weight is 234 g/mol. The first kappa shape index (κ1) is 12.8. The van der Waals surface area contributed by atoms with Crippen molar-refractivity contribution in [2.75, 3.05) is 13.1 Å². The van der Waals surface area contributed by atoms with E-state index in [1.165, 1.54) is 0 Å². The molecule has 1 heterocycles. The van der Waals surface area contributed by atoms with Crippen molar-refractivity contribution in [1.29, 1.82) is 0 Å². The lowest BCUT2D eigenvalue weighted by Crippen LogP contribution is -2.43. The van der Waals surface area contributed by atoms with Gasteiger partial charge in [-0.1, -0.05) is 6.92 Å². The summed E-state index contributed by atoms with van der Waals surface area (Å²) in [6, 6.07) is 0. The molecule has 0 aromatic rings. The summed E-state index contributed by atoms with van der Waals surface area (Å²) in [5, 5.41) is 9.05. The highest BCUT2D eigenvalue weighted by molar-refractivity contribution is 6.30. The van der Waals surface area contributed by atoms with Gasteiger partial charge < -0.3 is 10.0 Å². The molecular weight excluding hydrogens is 214 g/mol. The zero-order chi connectivity index (χ0) is 11.4. The Balaban J connectivity index is 2.40. The Morgan fingerprint density at radius 1 is 1.53 bits per heavy atom. The highest BCUT2D eigenvalue weighted by Crippen LogP contribution is 2.21. The number of halogens is 1. The first-order chi connectivity index (χ1) is 7.06. The summed E-state index contributed by atoms with van der Waals surface area (Å²) < 4.78 is 0. The molecule has 0 bridgehead atoms. The molecule has 1 aliphatic rings. The van der Waals surface area contributed by atoms with Crippen molar-refractivity contribution >= 4 is 17.5 Å². The summed E-state index contributed by atoms with van der Waals surface area (Å²) in [4.78, 5) is 13.6. The fourth-order valence-electron chi connectivity index (χ4n) is 1.97. The number of likely N-dealkylation sites (tertiary alicyclic amines) is 1. The Morgan fingerprint density at radius 2 is 2.07 bits per heavy atom. The maximum atomic E-state index is 11.7. The molecule has 0 radical (unpaired) electrons. The van der Waals surface area contributed by atoms with Crippen LogP contribution in [0.2, 0.25) is 0 Å². The van der Waals surface area contributed by atoms with Crippen LogP contribution in [0.5, 0.6) is 0 Å². The van der Waals surface area contributed by atoms with Crippen molar-refractivity contribution < 1.29 is 9.90 Å². The first-order valence-electron chi connectivity index (χ1n) is 5.67. The number of hydrogen-bond acceptors (Lipinski definition) is 2. The molecule has 1 amide bonds. The fraction of sp³-hybridized carbons (Fsp3) is 0.909. The normalized spacial score (nSPS) is 22.5. The van der Waals surface area contributed by atoms with Crippen LogP contribution in [0, 0.1) is 5.92 Å². The smallest absolute Gasteiger partial charge is 0.240 e. The van der Waals surface area contributed by atoms with Gasteiger partial charge in [0.05, 0.1) is 6.10 Å². The van der Waals surface area contributed by atoms with Gasteiger partial charge >= 0.3 is 0 Å². The van der Waals surface area contributed by atoms with Crippen LogP contribution in [-0.4, -0.2) is 40.5 Å². The summed E-state index contributed by atoms with van der Waals surface area (Å²) in [6.45, 7) is 5.20. The SMILES string of the molecule is CCC(Cl)C(=O)N1CCC(C(C)O)CC1. The zero-order valence-corrected chi connectivity index (χ0v) is 10.2. The van der Waals surface area contributed by atoms with Crippen molar-refractivity contribution in [3.8, 4) is 0 Å². The molecule has 1 aliphatic heterocycles. The standard InChI is InChI=1S/C11H20ClNO2/c1-3-10(12)11(15)13-6-4-9(5-7-13)8(2)14/h8-10,14H,3-7H2,1-2H3. The van der Waals surface area contributed by atoms with Gasteiger partial charge in [-0.05, 0) is 32.1 Å². The van der Waals surface area contributed by atoms with Gasteiger partial charge in [0.15, 0.2) is 0 Å². The minimum Gasteiger partial charge on any atom is -0.393 e. The van der Waals surface area contributed by atoms with Crippen molar-refractivity contribution in [2.24, 2.45) is 5.92 Å². The first-order valence-corrected chi connectivity index (χ1v) is 6.10. The number of alkyl halides is 1. The molecule has 1 fully saturated rings. The number of aliphatic hydroxyl groups is 1. The maximum Gasteiger partial charge on any atom is 0.240 e. The van der Waals surface area contributed by atoms with E-state index in [9.17, 15) is 9.90 Å². The molecule has 0 spiro atoms. The van der Waals surface area contributed by atoms with Crippen LogP contribution < -0.4 is 0 Å². The van der Waals surface area contributed by atoms with Crippen LogP contribution in [0.25, 0.3) is 0 Å². The van der Waals surface area contributed by atoms with Crippen molar-refractivity contribution in [1.82, 2.24) is 4.90 Å². The second-order valence-corrected chi connectivity index (χ2v) is 4.81. The van der Waals surface area contributed by atoms with E-state index >= 15 is 0 Å². The number of nitrogens with zero attached hydrogens (tertiary/aromatic N) is 1. The Labute approximate surface area is 96.4 Å². The Morgan fingerprint density at radius 3 is 2.47 bits per heavy atom. The van der Waals surface area contributed by atoms with Gasteiger partial charge in [0.1, 0.15) is 5.38 Å². The van der Waals surface area contributed by atoms with Gasteiger partial charge in [-0.2, -0.15) is 0 Å². The number of carbonyl (C=O) groups excluding carboxylic acids is 1. The number of amides is 1. The molecule has 2 atom stereocenters. The van der Waals surface area contributed by atoms with E-state index in [1.807, 2.05) is 18.7 Å². The largest absolute Gasteiger partial charge is 0.393 e. The molecule has 15 heavy (non-hydrogen) atoms. The van der Waals surface area contributed by atoms with E-state index in [-0.39, 0.29) is 17.4 Å². The van der Waals surface area contributed by atoms with Crippen LogP contribution in [-0.2, 0) is 4.79 Å². The van der Waals surface area contributed by atoms with Crippen LogP contribution in [0.3, 0.4) is 0 Å². The van der Waals surface area contributed by atoms with E-state index in [4.69, 9.17) is 11.6 Å². The average Bonchev–Trinajstić information content (AvgIpc) is 2.27. The summed E-state index contributed by atoms with van der Waals surface area (Å²) in [5.41, 5.74) is 0. The fourth-order valence-corrected chi connectivity index (χ4v) is 2.11. The molecule has 1 N–H and O–H groups in total. The summed E-state index contributed by atoms with van der Waals surface area (Å²) in [6.07, 6.45) is 2.18. The third kappa shape index (κ3) is 3.35. The molecule has 3 nitrogen and oxygen atoms in total. The second kappa shape index (κ2) is 5.71. The van der Waals surface area contributed by atoms with Gasteiger partial charge in [0.25, 0.3) is 0 Å². The van der Waals surface area contributed by atoms with Gasteiger partial charge in [0, 0.05) is 13.1 Å². The minimum atomic E-state index is -0.381. The molecule has 0 aromatic heterocycles. The predicted molar refractivity (Wildman–Crippen MR) is 60.9 cm³/mol.